The van der Waals surface area contributed by atoms with Crippen LogP contribution in [0.1, 0.15) is 12.8 Å². The van der Waals surface area contributed by atoms with E-state index in [1.165, 1.54) is 4.31 Å². The van der Waals surface area contributed by atoms with Crippen LogP contribution in [-0.4, -0.2) is 61.4 Å². The maximum atomic E-state index is 11.9. The molecule has 0 aromatic rings. The van der Waals surface area contributed by atoms with Gasteiger partial charge in [-0.25, -0.2) is 0 Å². The highest BCUT2D eigenvalue weighted by atomic mass is 32.2. The summed E-state index contributed by atoms with van der Waals surface area (Å²) in [6.07, 6.45) is 1.46. The zero-order chi connectivity index (χ0) is 15.3. The Hall–Kier alpha value is -0.715. The van der Waals surface area contributed by atoms with Crippen molar-refractivity contribution in [3.05, 3.63) is 0 Å². The van der Waals surface area contributed by atoms with E-state index in [1.807, 2.05) is 0 Å². The molecular weight excluding hydrogens is 285 g/mol. The van der Waals surface area contributed by atoms with Gasteiger partial charge in [0.25, 0.3) is 10.2 Å². The molecule has 0 aromatic carbocycles. The third-order valence-electron chi connectivity index (χ3n) is 3.28. The lowest BCUT2D eigenvalue weighted by Crippen LogP contribution is -2.43. The second kappa shape index (κ2) is 7.34. The minimum atomic E-state index is -3.68. The first-order valence-electron chi connectivity index (χ1n) is 6.41. The summed E-state index contributed by atoms with van der Waals surface area (Å²) in [5.41, 5.74) is 11.0. The van der Waals surface area contributed by atoms with E-state index in [2.05, 4.69) is 4.72 Å². The van der Waals surface area contributed by atoms with Crippen molar-refractivity contribution < 1.29 is 18.5 Å². The molecule has 8 N–H and O–H groups in total. The van der Waals surface area contributed by atoms with Crippen molar-refractivity contribution in [1.82, 2.24) is 9.03 Å². The van der Waals surface area contributed by atoms with Gasteiger partial charge in [0.2, 0.25) is 0 Å². The molecule has 1 fully saturated rings. The molecule has 0 aromatic heterocycles. The first kappa shape index (κ1) is 17.3. The molecule has 1 heterocycles. The maximum Gasteiger partial charge on any atom is 0.451 e. The molecule has 20 heavy (non-hydrogen) atoms. The van der Waals surface area contributed by atoms with Crippen molar-refractivity contribution >= 4 is 23.2 Å². The monoisotopic (exact) mass is 307 g/mol. The average molecular weight is 307 g/mol. The van der Waals surface area contributed by atoms with Gasteiger partial charge in [-0.1, -0.05) is 6.42 Å². The molecule has 9 nitrogen and oxygen atoms in total. The van der Waals surface area contributed by atoms with Gasteiger partial charge in [-0.05, 0) is 18.7 Å². The van der Waals surface area contributed by atoms with Crippen LogP contribution in [0.25, 0.3) is 0 Å². The fourth-order valence-corrected chi connectivity index (χ4v) is 3.46. The number of nitrogens with one attached hydrogen (secondary N) is 2. The number of amidine groups is 1. The van der Waals surface area contributed by atoms with Crippen LogP contribution in [0.5, 0.6) is 0 Å². The number of hydrogen-bond donors (Lipinski definition) is 6. The first-order valence-corrected chi connectivity index (χ1v) is 7.85. The summed E-state index contributed by atoms with van der Waals surface area (Å²) in [6.45, 7) is 0.269. The SMILES string of the molecule is N=C(N)CNS(=O)(=O)N1C[C@H](CCCB(O)O)[C@@H](N)C1. The smallest absolute Gasteiger partial charge is 0.427 e. The second-order valence-electron chi connectivity index (χ2n) is 5.00. The van der Waals surface area contributed by atoms with Gasteiger partial charge < -0.3 is 21.5 Å². The lowest BCUT2D eigenvalue weighted by molar-refractivity contribution is 0.390. The molecular formula is C9H22BN5O4S. The molecule has 0 unspecified atom stereocenters. The van der Waals surface area contributed by atoms with Crippen molar-refractivity contribution in [3.63, 3.8) is 0 Å². The molecule has 0 spiro atoms. The fraction of sp³-hybridized carbons (Fsp3) is 0.889. The van der Waals surface area contributed by atoms with Gasteiger partial charge >= 0.3 is 7.12 Å². The van der Waals surface area contributed by atoms with Crippen molar-refractivity contribution in [2.45, 2.75) is 25.2 Å². The molecule has 0 amide bonds. The molecule has 0 radical (unpaired) electrons. The number of rotatable bonds is 8. The van der Waals surface area contributed by atoms with Gasteiger partial charge in [0, 0.05) is 19.1 Å². The summed E-state index contributed by atoms with van der Waals surface area (Å²) in [4.78, 5) is 0. The van der Waals surface area contributed by atoms with E-state index in [-0.39, 0.29) is 43.7 Å². The fourth-order valence-electron chi connectivity index (χ4n) is 2.18. The molecule has 1 aliphatic heterocycles. The van der Waals surface area contributed by atoms with Crippen LogP contribution in [0.2, 0.25) is 6.32 Å². The molecule has 1 aliphatic rings. The molecule has 116 valence electrons. The van der Waals surface area contributed by atoms with E-state index in [9.17, 15) is 8.42 Å². The minimum Gasteiger partial charge on any atom is -0.427 e. The Kier molecular flexibility index (Phi) is 6.36. The summed E-state index contributed by atoms with van der Waals surface area (Å²) in [5.74, 6) is -0.270. The summed E-state index contributed by atoms with van der Waals surface area (Å²) in [5, 5.41) is 24.6. The number of hydrogen-bond acceptors (Lipinski definition) is 6. The molecule has 1 saturated heterocycles. The second-order valence-corrected chi connectivity index (χ2v) is 6.76. The Bertz CT molecular complexity index is 432. The van der Waals surface area contributed by atoms with Crippen molar-refractivity contribution in [2.75, 3.05) is 19.6 Å². The lowest BCUT2D eigenvalue weighted by atomic mass is 9.82. The largest absolute Gasteiger partial charge is 0.451 e. The van der Waals surface area contributed by atoms with Crippen LogP contribution in [0.15, 0.2) is 0 Å². The predicted octanol–water partition coefficient (Wildman–Crippen LogP) is -2.73. The Labute approximate surface area is 119 Å². The topological polar surface area (TPSA) is 166 Å². The van der Waals surface area contributed by atoms with Crippen LogP contribution in [-0.2, 0) is 10.2 Å². The van der Waals surface area contributed by atoms with E-state index in [1.54, 1.807) is 0 Å². The highest BCUT2D eigenvalue weighted by Gasteiger charge is 2.36. The average Bonchev–Trinajstić information content (AvgIpc) is 2.69. The first-order chi connectivity index (χ1) is 9.22. The number of nitrogens with two attached hydrogens (primary N) is 2. The van der Waals surface area contributed by atoms with Gasteiger partial charge in [-0.15, -0.1) is 0 Å². The third kappa shape index (κ3) is 5.35. The Morgan fingerprint density at radius 3 is 2.65 bits per heavy atom. The highest BCUT2D eigenvalue weighted by molar-refractivity contribution is 7.87. The third-order valence-corrected chi connectivity index (χ3v) is 4.77. The van der Waals surface area contributed by atoms with Gasteiger partial charge in [0.05, 0.1) is 6.54 Å². The van der Waals surface area contributed by atoms with Crippen LogP contribution >= 0.6 is 0 Å². The van der Waals surface area contributed by atoms with E-state index in [0.717, 1.165) is 0 Å². The highest BCUT2D eigenvalue weighted by Crippen LogP contribution is 2.23. The summed E-state index contributed by atoms with van der Waals surface area (Å²) >= 11 is 0. The predicted molar refractivity (Wildman–Crippen MR) is 76.1 cm³/mol. The lowest BCUT2D eigenvalue weighted by Gasteiger charge is -2.16. The van der Waals surface area contributed by atoms with Crippen molar-refractivity contribution in [3.8, 4) is 0 Å². The van der Waals surface area contributed by atoms with Gasteiger partial charge in [0.15, 0.2) is 0 Å². The Balaban J connectivity index is 2.49. The molecule has 0 bridgehead atoms. The zero-order valence-corrected chi connectivity index (χ0v) is 12.0. The van der Waals surface area contributed by atoms with Crippen LogP contribution < -0.4 is 16.2 Å². The van der Waals surface area contributed by atoms with E-state index in [4.69, 9.17) is 26.9 Å². The summed E-state index contributed by atoms with van der Waals surface area (Å²) in [6, 6.07) is -0.278. The van der Waals surface area contributed by atoms with E-state index in [0.29, 0.717) is 12.8 Å². The number of nitrogens with zero attached hydrogens (tertiary/aromatic N) is 1. The van der Waals surface area contributed by atoms with Crippen molar-refractivity contribution in [1.29, 1.82) is 5.41 Å². The normalized spacial score (nSPS) is 23.9. The molecule has 1 rings (SSSR count). The molecule has 11 heteroatoms. The van der Waals surface area contributed by atoms with Gasteiger partial charge in [-0.2, -0.15) is 17.4 Å². The summed E-state index contributed by atoms with van der Waals surface area (Å²) in [7, 11) is -5.02. The maximum absolute atomic E-state index is 11.9. The van der Waals surface area contributed by atoms with E-state index < -0.39 is 17.3 Å². The van der Waals surface area contributed by atoms with Gasteiger partial charge in [-0.3, -0.25) is 5.41 Å². The quantitative estimate of drug-likeness (QED) is 0.162. The van der Waals surface area contributed by atoms with Gasteiger partial charge in [0.1, 0.15) is 5.84 Å². The zero-order valence-electron chi connectivity index (χ0n) is 11.2. The minimum absolute atomic E-state index is 0.0114. The van der Waals surface area contributed by atoms with Crippen molar-refractivity contribution in [2.24, 2.45) is 17.4 Å². The summed E-state index contributed by atoms with van der Waals surface area (Å²) < 4.78 is 27.3. The van der Waals surface area contributed by atoms with Crippen LogP contribution in [0.4, 0.5) is 0 Å². The van der Waals surface area contributed by atoms with Crippen LogP contribution in [0, 0.1) is 11.3 Å². The van der Waals surface area contributed by atoms with E-state index >= 15 is 0 Å². The molecule has 0 saturated carbocycles. The standard InChI is InChI=1S/C9H22BN5O4S/c11-8-6-15(20(18,19)14-4-9(12)13)5-7(8)2-1-3-10(16)17/h7-8,14,16-17H,1-6,11H2,(H3,12,13)/t7-,8-/m0/s1. The Morgan fingerprint density at radius 1 is 1.45 bits per heavy atom. The van der Waals surface area contributed by atoms with Crippen LogP contribution in [0.3, 0.4) is 0 Å². The Morgan fingerprint density at radius 2 is 2.10 bits per heavy atom. The molecule has 0 aliphatic carbocycles. The molecule has 2 atom stereocenters.